The summed E-state index contributed by atoms with van der Waals surface area (Å²) in [5, 5.41) is 10.6. The van der Waals surface area contributed by atoms with Crippen molar-refractivity contribution in [2.24, 2.45) is 0 Å². The molecule has 0 spiro atoms. The topological polar surface area (TPSA) is 95.7 Å². The monoisotopic (exact) mass is 287 g/mol. The number of hydrogen-bond acceptors (Lipinski definition) is 6. The van der Waals surface area contributed by atoms with Gasteiger partial charge in [0.15, 0.2) is 6.10 Å². The lowest BCUT2D eigenvalue weighted by Gasteiger charge is -2.10. The van der Waals surface area contributed by atoms with Gasteiger partial charge in [-0.05, 0) is 19.1 Å². The van der Waals surface area contributed by atoms with E-state index >= 15 is 0 Å². The van der Waals surface area contributed by atoms with Gasteiger partial charge in [0.1, 0.15) is 5.02 Å². The molecule has 0 saturated heterocycles. The van der Waals surface area contributed by atoms with Crippen LogP contribution < -0.4 is 0 Å². The minimum atomic E-state index is -1.10. The zero-order chi connectivity index (χ0) is 14.6. The number of carbonyl (C=O) groups is 2. The van der Waals surface area contributed by atoms with Crippen LogP contribution in [0.1, 0.15) is 17.3 Å². The highest BCUT2D eigenvalue weighted by molar-refractivity contribution is 6.32. The van der Waals surface area contributed by atoms with E-state index < -0.39 is 28.7 Å². The first-order chi connectivity index (χ1) is 8.86. The Morgan fingerprint density at radius 2 is 2.05 bits per heavy atom. The SMILES string of the molecule is COC(=O)C(C)OC(=O)c1ccc(Cl)c([N+](=O)[O-])c1. The van der Waals surface area contributed by atoms with Gasteiger partial charge in [0.05, 0.1) is 17.6 Å². The molecule has 0 aliphatic carbocycles. The van der Waals surface area contributed by atoms with Crippen LogP contribution in [0.4, 0.5) is 5.69 Å². The molecule has 0 fully saturated rings. The molecule has 1 aromatic carbocycles. The fourth-order valence-corrected chi connectivity index (χ4v) is 1.41. The van der Waals surface area contributed by atoms with Crippen molar-refractivity contribution in [1.29, 1.82) is 0 Å². The summed E-state index contributed by atoms with van der Waals surface area (Å²) in [5.74, 6) is -1.60. The van der Waals surface area contributed by atoms with Gasteiger partial charge in [-0.3, -0.25) is 10.1 Å². The van der Waals surface area contributed by atoms with E-state index in [1.807, 2.05) is 0 Å². The predicted molar refractivity (Wildman–Crippen MR) is 65.0 cm³/mol. The average molecular weight is 288 g/mol. The number of hydrogen-bond donors (Lipinski definition) is 0. The second-order valence-electron chi connectivity index (χ2n) is 3.49. The van der Waals surface area contributed by atoms with Crippen molar-refractivity contribution >= 4 is 29.2 Å². The second kappa shape index (κ2) is 6.14. The number of methoxy groups -OCH3 is 1. The molecule has 0 saturated carbocycles. The lowest BCUT2D eigenvalue weighted by atomic mass is 10.2. The van der Waals surface area contributed by atoms with Crippen molar-refractivity contribution in [3.63, 3.8) is 0 Å². The van der Waals surface area contributed by atoms with Crippen LogP contribution in [0.2, 0.25) is 5.02 Å². The highest BCUT2D eigenvalue weighted by Gasteiger charge is 2.22. The van der Waals surface area contributed by atoms with Crippen molar-refractivity contribution in [1.82, 2.24) is 0 Å². The zero-order valence-corrected chi connectivity index (χ0v) is 10.8. The van der Waals surface area contributed by atoms with Gasteiger partial charge in [-0.2, -0.15) is 0 Å². The molecule has 0 heterocycles. The second-order valence-corrected chi connectivity index (χ2v) is 3.90. The lowest BCUT2D eigenvalue weighted by molar-refractivity contribution is -0.384. The lowest BCUT2D eigenvalue weighted by Crippen LogP contribution is -2.25. The molecule has 7 nitrogen and oxygen atoms in total. The van der Waals surface area contributed by atoms with Crippen LogP contribution in [0.3, 0.4) is 0 Å². The molecule has 0 bridgehead atoms. The number of nitrogens with zero attached hydrogens (tertiary/aromatic N) is 1. The first-order valence-electron chi connectivity index (χ1n) is 5.09. The Kier molecular flexibility index (Phi) is 4.82. The van der Waals surface area contributed by atoms with Crippen LogP contribution in [0.15, 0.2) is 18.2 Å². The first kappa shape index (κ1) is 14.9. The van der Waals surface area contributed by atoms with Gasteiger partial charge in [-0.1, -0.05) is 11.6 Å². The molecule has 0 amide bonds. The third-order valence-electron chi connectivity index (χ3n) is 2.20. The van der Waals surface area contributed by atoms with E-state index in [0.717, 1.165) is 13.2 Å². The Bertz CT molecular complexity index is 530. The van der Waals surface area contributed by atoms with E-state index in [0.29, 0.717) is 0 Å². The molecule has 0 aromatic heterocycles. The van der Waals surface area contributed by atoms with Crippen LogP contribution in [0, 0.1) is 10.1 Å². The van der Waals surface area contributed by atoms with E-state index in [1.54, 1.807) is 0 Å². The molecule has 0 radical (unpaired) electrons. The standard InChI is InChI=1S/C11H10ClNO6/c1-6(10(14)18-2)19-11(15)7-3-4-8(12)9(5-7)13(16)17/h3-6H,1-2H3. The molecule has 1 aromatic rings. The Balaban J connectivity index is 2.92. The number of benzene rings is 1. The molecule has 0 aliphatic heterocycles. The number of nitro benzene ring substituents is 1. The predicted octanol–water partition coefficient (Wildman–Crippen LogP) is 1.97. The van der Waals surface area contributed by atoms with Gasteiger partial charge in [0, 0.05) is 6.07 Å². The Morgan fingerprint density at radius 1 is 1.42 bits per heavy atom. The summed E-state index contributed by atoms with van der Waals surface area (Å²) >= 11 is 5.61. The summed E-state index contributed by atoms with van der Waals surface area (Å²) in [6.07, 6.45) is -1.10. The largest absolute Gasteiger partial charge is 0.466 e. The number of esters is 2. The van der Waals surface area contributed by atoms with Crippen LogP contribution in [0.25, 0.3) is 0 Å². The van der Waals surface area contributed by atoms with Crippen LogP contribution in [-0.2, 0) is 14.3 Å². The highest BCUT2D eigenvalue weighted by atomic mass is 35.5. The number of nitro groups is 1. The quantitative estimate of drug-likeness (QED) is 0.477. The maximum Gasteiger partial charge on any atom is 0.346 e. The van der Waals surface area contributed by atoms with Gasteiger partial charge in [0.25, 0.3) is 5.69 Å². The molecule has 102 valence electrons. The molecular weight excluding hydrogens is 278 g/mol. The first-order valence-corrected chi connectivity index (χ1v) is 5.47. The Hall–Kier alpha value is -2.15. The van der Waals surface area contributed by atoms with Crippen molar-refractivity contribution in [2.75, 3.05) is 7.11 Å². The normalized spacial score (nSPS) is 11.5. The molecule has 1 unspecified atom stereocenters. The van der Waals surface area contributed by atoms with Crippen molar-refractivity contribution in [2.45, 2.75) is 13.0 Å². The van der Waals surface area contributed by atoms with Gasteiger partial charge < -0.3 is 9.47 Å². The summed E-state index contributed by atoms with van der Waals surface area (Å²) in [6, 6.07) is 3.45. The molecule has 1 atom stereocenters. The average Bonchev–Trinajstić information content (AvgIpc) is 2.37. The fourth-order valence-electron chi connectivity index (χ4n) is 1.22. The summed E-state index contributed by atoms with van der Waals surface area (Å²) in [6.45, 7) is 1.33. The highest BCUT2D eigenvalue weighted by Crippen LogP contribution is 2.25. The van der Waals surface area contributed by atoms with E-state index in [4.69, 9.17) is 16.3 Å². The van der Waals surface area contributed by atoms with Crippen molar-refractivity contribution < 1.29 is 24.0 Å². The third-order valence-corrected chi connectivity index (χ3v) is 2.52. The number of carbonyl (C=O) groups excluding carboxylic acids is 2. The minimum absolute atomic E-state index is 0.0770. The van der Waals surface area contributed by atoms with E-state index in [1.165, 1.54) is 19.1 Å². The summed E-state index contributed by atoms with van der Waals surface area (Å²) in [5.41, 5.74) is -0.492. The van der Waals surface area contributed by atoms with Crippen molar-refractivity contribution in [3.05, 3.63) is 38.9 Å². The molecule has 8 heteroatoms. The van der Waals surface area contributed by atoms with E-state index in [-0.39, 0.29) is 10.6 Å². The van der Waals surface area contributed by atoms with Crippen LogP contribution in [-0.4, -0.2) is 30.1 Å². The Labute approximate surface area is 113 Å². The van der Waals surface area contributed by atoms with Crippen LogP contribution >= 0.6 is 11.6 Å². The fraction of sp³-hybridized carbons (Fsp3) is 0.273. The molecule has 0 N–H and O–H groups in total. The summed E-state index contributed by atoms with van der Waals surface area (Å²) in [4.78, 5) is 32.7. The molecule has 19 heavy (non-hydrogen) atoms. The molecule has 1 rings (SSSR count). The number of rotatable bonds is 4. The third kappa shape index (κ3) is 3.65. The van der Waals surface area contributed by atoms with E-state index in [9.17, 15) is 19.7 Å². The van der Waals surface area contributed by atoms with Gasteiger partial charge >= 0.3 is 11.9 Å². The van der Waals surface area contributed by atoms with Crippen molar-refractivity contribution in [3.8, 4) is 0 Å². The van der Waals surface area contributed by atoms with E-state index in [2.05, 4.69) is 4.74 Å². The van der Waals surface area contributed by atoms with Gasteiger partial charge in [-0.15, -0.1) is 0 Å². The molecular formula is C11H10ClNO6. The Morgan fingerprint density at radius 3 is 2.58 bits per heavy atom. The molecule has 0 aliphatic rings. The minimum Gasteiger partial charge on any atom is -0.466 e. The van der Waals surface area contributed by atoms with Gasteiger partial charge in [-0.25, -0.2) is 9.59 Å². The number of ether oxygens (including phenoxy) is 2. The summed E-state index contributed by atoms with van der Waals surface area (Å²) < 4.78 is 9.17. The van der Waals surface area contributed by atoms with Gasteiger partial charge in [0.2, 0.25) is 0 Å². The number of halogens is 1. The maximum atomic E-state index is 11.7. The maximum absolute atomic E-state index is 11.7. The smallest absolute Gasteiger partial charge is 0.346 e. The summed E-state index contributed by atoms with van der Waals surface area (Å²) in [7, 11) is 1.15. The zero-order valence-electron chi connectivity index (χ0n) is 10.1. The van der Waals surface area contributed by atoms with Crippen LogP contribution in [0.5, 0.6) is 0 Å².